The summed E-state index contributed by atoms with van der Waals surface area (Å²) in [6, 6.07) is 21.2. The number of phenols is 1. The molecule has 36 heavy (non-hydrogen) atoms. The van der Waals surface area contributed by atoms with Crippen LogP contribution < -0.4 is 10.5 Å². The average molecular weight is 487 g/mol. The van der Waals surface area contributed by atoms with Crippen LogP contribution in [-0.2, 0) is 18.5 Å². The number of imidazole rings is 1. The second kappa shape index (κ2) is 10.0. The molecule has 7 nitrogen and oxygen atoms in total. The third-order valence-corrected chi connectivity index (χ3v) is 6.53. The van der Waals surface area contributed by atoms with E-state index in [9.17, 15) is 15.0 Å². The van der Waals surface area contributed by atoms with Crippen LogP contribution in [-0.4, -0.2) is 45.3 Å². The first-order valence-corrected chi connectivity index (χ1v) is 12.1. The van der Waals surface area contributed by atoms with Crippen LogP contribution in [0.3, 0.4) is 0 Å². The topological polar surface area (TPSA) is 94.5 Å². The maximum absolute atomic E-state index is 13.6. The predicted octanol–water partition coefficient (Wildman–Crippen LogP) is 4.29. The minimum Gasteiger partial charge on any atom is -0.505 e. The number of para-hydroxylation sites is 2. The smallest absolute Gasteiger partial charge is 0.203 e. The van der Waals surface area contributed by atoms with Gasteiger partial charge in [0.2, 0.25) is 5.62 Å². The molecule has 1 aromatic heterocycles. The minimum absolute atomic E-state index is 0.00134. The molecule has 0 atom stereocenters. The molecule has 0 radical (unpaired) electrons. The van der Waals surface area contributed by atoms with Crippen LogP contribution in [0.2, 0.25) is 0 Å². The van der Waals surface area contributed by atoms with Gasteiger partial charge >= 0.3 is 0 Å². The molecule has 0 aliphatic carbocycles. The largest absolute Gasteiger partial charge is 0.505 e. The Morgan fingerprint density at radius 2 is 1.58 bits per heavy atom. The van der Waals surface area contributed by atoms with Gasteiger partial charge in [0.15, 0.2) is 5.78 Å². The number of benzene rings is 3. The second-order valence-electron chi connectivity index (χ2n) is 10.2. The molecular formula is C29H34N4O3. The van der Waals surface area contributed by atoms with E-state index in [0.717, 1.165) is 16.6 Å². The Bertz CT molecular complexity index is 1450. The van der Waals surface area contributed by atoms with Gasteiger partial charge in [-0.1, -0.05) is 63.2 Å². The average Bonchev–Trinajstić information content (AvgIpc) is 3.10. The predicted molar refractivity (Wildman–Crippen MR) is 143 cm³/mol. The van der Waals surface area contributed by atoms with Crippen molar-refractivity contribution >= 4 is 22.5 Å². The Balaban J connectivity index is 1.77. The molecule has 3 N–H and O–H groups in total. The van der Waals surface area contributed by atoms with Crippen molar-refractivity contribution in [3.63, 3.8) is 0 Å². The third-order valence-electron chi connectivity index (χ3n) is 6.53. The summed E-state index contributed by atoms with van der Waals surface area (Å²) in [4.78, 5) is 15.4. The van der Waals surface area contributed by atoms with E-state index >= 15 is 0 Å². The number of ketones is 1. The van der Waals surface area contributed by atoms with E-state index in [1.165, 1.54) is 0 Å². The number of aliphatic hydroxyl groups excluding tert-OH is 1. The number of hydrogen-bond donors (Lipinski definition) is 3. The van der Waals surface area contributed by atoms with Crippen molar-refractivity contribution in [3.8, 4) is 5.75 Å². The summed E-state index contributed by atoms with van der Waals surface area (Å²) >= 11 is 0. The lowest BCUT2D eigenvalue weighted by Gasteiger charge is -2.27. The van der Waals surface area contributed by atoms with Crippen LogP contribution in [0.25, 0.3) is 11.0 Å². The van der Waals surface area contributed by atoms with E-state index in [2.05, 4.69) is 0 Å². The first-order valence-electron chi connectivity index (χ1n) is 12.1. The van der Waals surface area contributed by atoms with Crippen molar-refractivity contribution in [1.29, 1.82) is 5.41 Å². The SMILES string of the molecule is CN(CCO)c1cc(C(=O)Cn2c(=N)n(Cc3ccccc3)c3ccccc32)cc(C(C)(C)C)c1O. The summed E-state index contributed by atoms with van der Waals surface area (Å²) in [5, 5.41) is 29.3. The number of carbonyl (C=O) groups is 1. The van der Waals surface area contributed by atoms with Gasteiger partial charge in [-0.15, -0.1) is 0 Å². The third kappa shape index (κ3) is 4.93. The Morgan fingerprint density at radius 1 is 0.972 bits per heavy atom. The highest BCUT2D eigenvalue weighted by atomic mass is 16.3. The lowest BCUT2D eigenvalue weighted by Crippen LogP contribution is -2.28. The number of likely N-dealkylation sites (N-methyl/N-ethyl adjacent to an activating group) is 1. The highest BCUT2D eigenvalue weighted by molar-refractivity contribution is 5.98. The summed E-state index contributed by atoms with van der Waals surface area (Å²) in [5.41, 5.74) is 4.27. The van der Waals surface area contributed by atoms with Gasteiger partial charge in [0.1, 0.15) is 5.75 Å². The first-order chi connectivity index (χ1) is 17.1. The molecule has 0 bridgehead atoms. The zero-order valence-electron chi connectivity index (χ0n) is 21.3. The molecule has 0 spiro atoms. The number of Topliss-reactive ketones (excluding diaryl/α,β-unsaturated/α-hetero) is 1. The summed E-state index contributed by atoms with van der Waals surface area (Å²) < 4.78 is 3.65. The molecule has 0 aliphatic rings. The Morgan fingerprint density at radius 3 is 2.19 bits per heavy atom. The molecule has 188 valence electrons. The maximum Gasteiger partial charge on any atom is 0.203 e. The van der Waals surface area contributed by atoms with Crippen LogP contribution in [0.4, 0.5) is 5.69 Å². The first kappa shape index (κ1) is 25.3. The van der Waals surface area contributed by atoms with E-state index in [0.29, 0.717) is 29.9 Å². The second-order valence-corrected chi connectivity index (χ2v) is 10.2. The molecule has 4 rings (SSSR count). The lowest BCUT2D eigenvalue weighted by atomic mass is 9.84. The fraction of sp³-hybridized carbons (Fsp3) is 0.310. The fourth-order valence-electron chi connectivity index (χ4n) is 4.53. The normalized spacial score (nSPS) is 11.7. The van der Waals surface area contributed by atoms with E-state index in [4.69, 9.17) is 5.41 Å². The number of carbonyl (C=O) groups excluding carboxylic acids is 1. The number of aromatic nitrogens is 2. The quantitative estimate of drug-likeness (QED) is 0.324. The van der Waals surface area contributed by atoms with Crippen LogP contribution in [0, 0.1) is 5.41 Å². The summed E-state index contributed by atoms with van der Waals surface area (Å²) in [7, 11) is 1.78. The zero-order chi connectivity index (χ0) is 26.0. The molecule has 0 saturated heterocycles. The van der Waals surface area contributed by atoms with Crippen LogP contribution in [0.5, 0.6) is 5.75 Å². The van der Waals surface area contributed by atoms with Gasteiger partial charge in [-0.25, -0.2) is 0 Å². The number of hydrogen-bond acceptors (Lipinski definition) is 5. The molecule has 1 heterocycles. The lowest BCUT2D eigenvalue weighted by molar-refractivity contribution is 0.0971. The molecule has 0 amide bonds. The van der Waals surface area contributed by atoms with Crippen molar-refractivity contribution in [3.05, 3.63) is 89.0 Å². The summed E-state index contributed by atoms with van der Waals surface area (Å²) in [6.07, 6.45) is 0. The van der Waals surface area contributed by atoms with Crippen molar-refractivity contribution in [2.45, 2.75) is 39.3 Å². The van der Waals surface area contributed by atoms with Gasteiger partial charge in [0, 0.05) is 24.7 Å². The number of rotatable bonds is 8. The van der Waals surface area contributed by atoms with Crippen LogP contribution in [0.15, 0.2) is 66.7 Å². The number of anilines is 1. The standard InChI is InChI=1S/C29H34N4O3/c1-29(2,3)22-16-21(17-25(27(22)36)31(4)14-15-34)26(35)19-33-24-13-9-8-12-23(24)32(28(33)30)18-20-10-6-5-7-11-20/h5-13,16-17,30,34,36H,14-15,18-19H2,1-4H3. The highest BCUT2D eigenvalue weighted by Gasteiger charge is 2.25. The van der Waals surface area contributed by atoms with E-state index in [-0.39, 0.29) is 30.3 Å². The van der Waals surface area contributed by atoms with Crippen molar-refractivity contribution < 1.29 is 15.0 Å². The minimum atomic E-state index is -0.394. The monoisotopic (exact) mass is 486 g/mol. The number of phenolic OH excluding ortho intramolecular Hbond substituents is 1. The van der Waals surface area contributed by atoms with Gasteiger partial charge in [0.05, 0.1) is 36.4 Å². The van der Waals surface area contributed by atoms with Gasteiger partial charge in [-0.3, -0.25) is 10.2 Å². The fourth-order valence-corrected chi connectivity index (χ4v) is 4.53. The van der Waals surface area contributed by atoms with Gasteiger partial charge in [-0.05, 0) is 35.2 Å². The molecule has 0 aliphatic heterocycles. The van der Waals surface area contributed by atoms with Gasteiger partial charge in [-0.2, -0.15) is 0 Å². The van der Waals surface area contributed by atoms with Gasteiger partial charge in [0.25, 0.3) is 0 Å². The van der Waals surface area contributed by atoms with Crippen LogP contribution in [0.1, 0.15) is 42.3 Å². The Labute approximate surface area is 211 Å². The molecule has 0 unspecified atom stereocenters. The molecular weight excluding hydrogens is 452 g/mol. The van der Waals surface area contributed by atoms with Crippen LogP contribution >= 0.6 is 0 Å². The Hall–Kier alpha value is -3.84. The van der Waals surface area contributed by atoms with E-state index in [1.807, 2.05) is 79.9 Å². The number of nitrogens with zero attached hydrogens (tertiary/aromatic N) is 3. The van der Waals surface area contributed by atoms with E-state index in [1.54, 1.807) is 28.6 Å². The number of aliphatic hydroxyl groups is 1. The van der Waals surface area contributed by atoms with E-state index < -0.39 is 5.41 Å². The molecule has 3 aromatic carbocycles. The summed E-state index contributed by atoms with van der Waals surface area (Å²) in [6.45, 7) is 6.74. The van der Waals surface area contributed by atoms with Crippen molar-refractivity contribution in [2.75, 3.05) is 25.1 Å². The highest BCUT2D eigenvalue weighted by Crippen LogP contribution is 2.39. The zero-order valence-corrected chi connectivity index (χ0v) is 21.3. The molecule has 0 fully saturated rings. The maximum atomic E-state index is 13.6. The summed E-state index contributed by atoms with van der Waals surface area (Å²) in [5.74, 6) is -0.0384. The number of fused-ring (bicyclic) bond motifs is 1. The number of aromatic hydroxyl groups is 1. The Kier molecular flexibility index (Phi) is 7.04. The number of nitrogens with one attached hydrogen (secondary N) is 1. The molecule has 4 aromatic rings. The molecule has 7 heteroatoms. The van der Waals surface area contributed by atoms with Crippen molar-refractivity contribution in [1.82, 2.24) is 9.13 Å². The molecule has 0 saturated carbocycles. The van der Waals surface area contributed by atoms with Crippen molar-refractivity contribution in [2.24, 2.45) is 0 Å². The van der Waals surface area contributed by atoms with Gasteiger partial charge < -0.3 is 24.2 Å².